The molecule has 0 bridgehead atoms. The number of phenols is 1. The third-order valence-corrected chi connectivity index (χ3v) is 3.58. The third kappa shape index (κ3) is 3.85. The molecule has 0 aliphatic heterocycles. The summed E-state index contributed by atoms with van der Waals surface area (Å²) in [5.41, 5.74) is 3.13. The Hall–Kier alpha value is -2.29. The summed E-state index contributed by atoms with van der Waals surface area (Å²) in [7, 11) is 0. The lowest BCUT2D eigenvalue weighted by Crippen LogP contribution is -2.13. The molecule has 2 rings (SSSR count). The SMILES string of the molecule is CCCCc1ccc(NC(=O)c2cccc(O)c2C)cc1. The van der Waals surface area contributed by atoms with Gasteiger partial charge in [0.1, 0.15) is 5.75 Å². The Balaban J connectivity index is 2.07. The lowest BCUT2D eigenvalue weighted by molar-refractivity contribution is 0.102. The van der Waals surface area contributed by atoms with E-state index in [1.807, 2.05) is 24.3 Å². The number of anilines is 1. The minimum atomic E-state index is -0.204. The normalized spacial score (nSPS) is 10.4. The fraction of sp³-hybridized carbons (Fsp3) is 0.278. The molecule has 2 aromatic rings. The molecular formula is C18H21NO2. The summed E-state index contributed by atoms with van der Waals surface area (Å²) in [6, 6.07) is 12.9. The fourth-order valence-corrected chi connectivity index (χ4v) is 2.20. The van der Waals surface area contributed by atoms with Crippen LogP contribution in [0.3, 0.4) is 0 Å². The molecule has 0 unspecified atom stereocenters. The third-order valence-electron chi connectivity index (χ3n) is 3.58. The van der Waals surface area contributed by atoms with E-state index in [0.29, 0.717) is 11.1 Å². The first kappa shape index (κ1) is 15.1. The second-order valence-corrected chi connectivity index (χ2v) is 5.20. The van der Waals surface area contributed by atoms with Crippen LogP contribution in [0.2, 0.25) is 0 Å². The van der Waals surface area contributed by atoms with Crippen LogP contribution in [-0.4, -0.2) is 11.0 Å². The summed E-state index contributed by atoms with van der Waals surface area (Å²) >= 11 is 0. The summed E-state index contributed by atoms with van der Waals surface area (Å²) in [5.74, 6) is -0.0673. The van der Waals surface area contributed by atoms with Gasteiger partial charge in [0.15, 0.2) is 0 Å². The molecule has 0 atom stereocenters. The van der Waals surface area contributed by atoms with E-state index in [2.05, 4.69) is 12.2 Å². The molecule has 3 heteroatoms. The number of aromatic hydroxyl groups is 1. The van der Waals surface area contributed by atoms with Gasteiger partial charge in [0.25, 0.3) is 5.91 Å². The number of rotatable bonds is 5. The van der Waals surface area contributed by atoms with Gasteiger partial charge in [-0.1, -0.05) is 31.5 Å². The highest BCUT2D eigenvalue weighted by molar-refractivity contribution is 6.05. The summed E-state index contributed by atoms with van der Waals surface area (Å²) in [6.07, 6.45) is 3.42. The van der Waals surface area contributed by atoms with Crippen molar-refractivity contribution in [3.63, 3.8) is 0 Å². The second kappa shape index (κ2) is 6.93. The van der Waals surface area contributed by atoms with Crippen LogP contribution in [0.25, 0.3) is 0 Å². The van der Waals surface area contributed by atoms with Crippen LogP contribution in [-0.2, 0) is 6.42 Å². The Morgan fingerprint density at radius 2 is 1.86 bits per heavy atom. The van der Waals surface area contributed by atoms with E-state index < -0.39 is 0 Å². The molecule has 0 saturated carbocycles. The van der Waals surface area contributed by atoms with E-state index in [4.69, 9.17) is 0 Å². The van der Waals surface area contributed by atoms with E-state index in [9.17, 15) is 9.90 Å². The number of unbranched alkanes of at least 4 members (excludes halogenated alkanes) is 1. The van der Waals surface area contributed by atoms with E-state index in [1.165, 1.54) is 18.4 Å². The van der Waals surface area contributed by atoms with Crippen molar-refractivity contribution in [1.29, 1.82) is 0 Å². The molecule has 3 nitrogen and oxygen atoms in total. The highest BCUT2D eigenvalue weighted by Crippen LogP contribution is 2.21. The zero-order valence-corrected chi connectivity index (χ0v) is 12.5. The molecule has 0 saturated heterocycles. The van der Waals surface area contributed by atoms with Crippen LogP contribution in [0.15, 0.2) is 42.5 Å². The maximum absolute atomic E-state index is 12.2. The van der Waals surface area contributed by atoms with Gasteiger partial charge in [0.05, 0.1) is 0 Å². The Bertz CT molecular complexity index is 618. The van der Waals surface area contributed by atoms with Crippen molar-refractivity contribution >= 4 is 11.6 Å². The molecule has 0 fully saturated rings. The van der Waals surface area contributed by atoms with Crippen molar-refractivity contribution < 1.29 is 9.90 Å². The monoisotopic (exact) mass is 283 g/mol. The molecule has 0 aliphatic carbocycles. The van der Waals surface area contributed by atoms with Gasteiger partial charge in [-0.2, -0.15) is 0 Å². The first-order chi connectivity index (χ1) is 10.1. The lowest BCUT2D eigenvalue weighted by Gasteiger charge is -2.09. The van der Waals surface area contributed by atoms with E-state index in [0.717, 1.165) is 12.1 Å². The van der Waals surface area contributed by atoms with E-state index in [1.54, 1.807) is 25.1 Å². The smallest absolute Gasteiger partial charge is 0.256 e. The zero-order valence-electron chi connectivity index (χ0n) is 12.5. The van der Waals surface area contributed by atoms with Crippen molar-refractivity contribution in [3.8, 4) is 5.75 Å². The van der Waals surface area contributed by atoms with Gasteiger partial charge in [0.2, 0.25) is 0 Å². The van der Waals surface area contributed by atoms with E-state index >= 15 is 0 Å². The van der Waals surface area contributed by atoms with Crippen molar-refractivity contribution in [1.82, 2.24) is 0 Å². The maximum Gasteiger partial charge on any atom is 0.256 e. The fourth-order valence-electron chi connectivity index (χ4n) is 2.20. The van der Waals surface area contributed by atoms with Crippen LogP contribution in [0.1, 0.15) is 41.3 Å². The zero-order chi connectivity index (χ0) is 15.2. The Morgan fingerprint density at radius 3 is 2.52 bits per heavy atom. The molecule has 0 aliphatic rings. The van der Waals surface area contributed by atoms with Gasteiger partial charge in [-0.3, -0.25) is 4.79 Å². The highest BCUT2D eigenvalue weighted by Gasteiger charge is 2.11. The number of carbonyl (C=O) groups excluding carboxylic acids is 1. The van der Waals surface area contributed by atoms with Gasteiger partial charge in [0, 0.05) is 16.8 Å². The van der Waals surface area contributed by atoms with Crippen LogP contribution >= 0.6 is 0 Å². The molecule has 110 valence electrons. The largest absolute Gasteiger partial charge is 0.508 e. The van der Waals surface area contributed by atoms with Gasteiger partial charge in [-0.25, -0.2) is 0 Å². The second-order valence-electron chi connectivity index (χ2n) is 5.20. The van der Waals surface area contributed by atoms with Crippen LogP contribution < -0.4 is 5.32 Å². The Labute approximate surface area is 125 Å². The number of nitrogens with one attached hydrogen (secondary N) is 1. The van der Waals surface area contributed by atoms with Crippen molar-refractivity contribution in [2.75, 3.05) is 5.32 Å². The van der Waals surface area contributed by atoms with Crippen LogP contribution in [0.4, 0.5) is 5.69 Å². The quantitative estimate of drug-likeness (QED) is 0.859. The maximum atomic E-state index is 12.2. The predicted molar refractivity (Wildman–Crippen MR) is 85.9 cm³/mol. The van der Waals surface area contributed by atoms with E-state index in [-0.39, 0.29) is 11.7 Å². The summed E-state index contributed by atoms with van der Waals surface area (Å²) in [5, 5.41) is 12.5. The Morgan fingerprint density at radius 1 is 1.14 bits per heavy atom. The molecule has 0 heterocycles. The first-order valence-electron chi connectivity index (χ1n) is 7.30. The average molecular weight is 283 g/mol. The Kier molecular flexibility index (Phi) is 4.99. The van der Waals surface area contributed by atoms with Crippen LogP contribution in [0.5, 0.6) is 5.75 Å². The number of hydrogen-bond donors (Lipinski definition) is 2. The lowest BCUT2D eigenvalue weighted by atomic mass is 10.1. The highest BCUT2D eigenvalue weighted by atomic mass is 16.3. The summed E-state index contributed by atoms with van der Waals surface area (Å²) < 4.78 is 0. The van der Waals surface area contributed by atoms with Gasteiger partial charge < -0.3 is 10.4 Å². The molecule has 1 amide bonds. The standard InChI is InChI=1S/C18H21NO2/c1-3-4-6-14-9-11-15(12-10-14)19-18(21)16-7-5-8-17(20)13(16)2/h5,7-12,20H,3-4,6H2,1-2H3,(H,19,21). The molecule has 2 aromatic carbocycles. The summed E-state index contributed by atoms with van der Waals surface area (Å²) in [6.45, 7) is 3.91. The molecular weight excluding hydrogens is 262 g/mol. The first-order valence-corrected chi connectivity index (χ1v) is 7.30. The number of carbonyl (C=O) groups is 1. The molecule has 21 heavy (non-hydrogen) atoms. The number of phenolic OH excluding ortho intramolecular Hbond substituents is 1. The molecule has 0 aromatic heterocycles. The van der Waals surface area contributed by atoms with Gasteiger partial charge in [-0.15, -0.1) is 0 Å². The predicted octanol–water partition coefficient (Wildman–Crippen LogP) is 4.30. The number of benzene rings is 2. The average Bonchev–Trinajstić information content (AvgIpc) is 2.49. The molecule has 0 spiro atoms. The van der Waals surface area contributed by atoms with Crippen LogP contribution in [0, 0.1) is 6.92 Å². The molecule has 0 radical (unpaired) electrons. The van der Waals surface area contributed by atoms with Crippen molar-refractivity contribution in [3.05, 3.63) is 59.2 Å². The van der Waals surface area contributed by atoms with Crippen molar-refractivity contribution in [2.24, 2.45) is 0 Å². The minimum Gasteiger partial charge on any atom is -0.508 e. The van der Waals surface area contributed by atoms with Gasteiger partial charge in [-0.05, 0) is 49.6 Å². The number of hydrogen-bond acceptors (Lipinski definition) is 2. The topological polar surface area (TPSA) is 49.3 Å². The van der Waals surface area contributed by atoms with Crippen molar-refractivity contribution in [2.45, 2.75) is 33.1 Å². The minimum absolute atomic E-state index is 0.137. The number of aryl methyl sites for hydroxylation is 1. The number of amides is 1. The van der Waals surface area contributed by atoms with Gasteiger partial charge >= 0.3 is 0 Å². The summed E-state index contributed by atoms with van der Waals surface area (Å²) in [4.78, 5) is 12.2. The molecule has 2 N–H and O–H groups in total.